The Balaban J connectivity index is 1.90. The lowest BCUT2D eigenvalue weighted by atomic mass is 9.86. The highest BCUT2D eigenvalue weighted by Crippen LogP contribution is 2.30. The maximum Gasteiger partial charge on any atom is 0.272 e. The van der Waals surface area contributed by atoms with E-state index in [1.54, 1.807) is 11.3 Å². The predicted molar refractivity (Wildman–Crippen MR) is 89.3 cm³/mol. The number of rotatable bonds is 2. The van der Waals surface area contributed by atoms with E-state index in [-0.39, 0.29) is 11.3 Å². The van der Waals surface area contributed by atoms with Crippen LogP contribution in [0.2, 0.25) is 0 Å². The molecule has 0 atom stereocenters. The second-order valence-electron chi connectivity index (χ2n) is 6.13. The van der Waals surface area contributed by atoms with Crippen LogP contribution in [0.3, 0.4) is 0 Å². The Hall–Kier alpha value is -2.07. The number of aromatic nitrogens is 1. The van der Waals surface area contributed by atoms with Gasteiger partial charge in [-0.3, -0.25) is 4.79 Å². The summed E-state index contributed by atoms with van der Waals surface area (Å²) < 4.78 is 1.10. The van der Waals surface area contributed by atoms with Gasteiger partial charge in [0.05, 0.1) is 10.2 Å². The number of fused-ring (bicyclic) bond motifs is 1. The van der Waals surface area contributed by atoms with Gasteiger partial charge >= 0.3 is 0 Å². The van der Waals surface area contributed by atoms with E-state index < -0.39 is 0 Å². The molecule has 0 aliphatic carbocycles. The van der Waals surface area contributed by atoms with Gasteiger partial charge in [0.1, 0.15) is 5.69 Å². The second kappa shape index (κ2) is 5.04. The number of anilines is 1. The van der Waals surface area contributed by atoms with Crippen molar-refractivity contribution in [3.8, 4) is 0 Å². The number of benzene rings is 1. The minimum absolute atomic E-state index is 0.0139. The summed E-state index contributed by atoms with van der Waals surface area (Å²) in [6, 6.07) is 11.8. The largest absolute Gasteiger partial charge is 0.350 e. The van der Waals surface area contributed by atoms with Gasteiger partial charge < -0.3 is 10.3 Å². The quantitative estimate of drug-likeness (QED) is 0.702. The second-order valence-corrected chi connectivity index (χ2v) is 7.08. The Morgan fingerprint density at radius 2 is 1.95 bits per heavy atom. The molecule has 3 nitrogen and oxygen atoms in total. The monoisotopic (exact) mass is 298 g/mol. The lowest BCUT2D eigenvalue weighted by Crippen LogP contribution is -2.18. The average Bonchev–Trinajstić information content (AvgIpc) is 2.98. The molecule has 2 aromatic heterocycles. The van der Waals surface area contributed by atoms with Crippen molar-refractivity contribution in [2.24, 2.45) is 0 Å². The normalized spacial score (nSPS) is 11.8. The Bertz CT molecular complexity index is 764. The van der Waals surface area contributed by atoms with Crippen molar-refractivity contribution in [3.63, 3.8) is 0 Å². The van der Waals surface area contributed by atoms with E-state index in [1.165, 1.54) is 0 Å². The summed E-state index contributed by atoms with van der Waals surface area (Å²) in [6.07, 6.45) is 0. The van der Waals surface area contributed by atoms with Crippen molar-refractivity contribution in [2.45, 2.75) is 26.2 Å². The van der Waals surface area contributed by atoms with Crippen LogP contribution in [0, 0.1) is 0 Å². The summed E-state index contributed by atoms with van der Waals surface area (Å²) in [5, 5.41) is 5.03. The summed E-state index contributed by atoms with van der Waals surface area (Å²) >= 11 is 1.63. The van der Waals surface area contributed by atoms with Gasteiger partial charge in [0, 0.05) is 5.69 Å². The molecule has 0 radical (unpaired) electrons. The van der Waals surface area contributed by atoms with E-state index in [9.17, 15) is 4.79 Å². The van der Waals surface area contributed by atoms with Crippen LogP contribution in [0.25, 0.3) is 10.2 Å². The molecule has 21 heavy (non-hydrogen) atoms. The third kappa shape index (κ3) is 2.72. The molecule has 2 N–H and O–H groups in total. The highest BCUT2D eigenvalue weighted by Gasteiger charge is 2.19. The van der Waals surface area contributed by atoms with E-state index >= 15 is 0 Å². The summed E-state index contributed by atoms with van der Waals surface area (Å²) in [4.78, 5) is 15.6. The molecule has 3 aromatic rings. The smallest absolute Gasteiger partial charge is 0.272 e. The molecular weight excluding hydrogens is 280 g/mol. The van der Waals surface area contributed by atoms with Crippen LogP contribution in [0.15, 0.2) is 41.8 Å². The van der Waals surface area contributed by atoms with Crippen LogP contribution in [0.4, 0.5) is 5.69 Å². The molecule has 1 amide bonds. The summed E-state index contributed by atoms with van der Waals surface area (Å²) in [5.74, 6) is -0.102. The summed E-state index contributed by atoms with van der Waals surface area (Å²) in [5.41, 5.74) is 3.59. The molecule has 0 fully saturated rings. The molecule has 0 spiro atoms. The Morgan fingerprint density at radius 1 is 1.19 bits per heavy atom. The number of thiophene rings is 1. The van der Waals surface area contributed by atoms with Crippen molar-refractivity contribution in [1.29, 1.82) is 0 Å². The van der Waals surface area contributed by atoms with Crippen molar-refractivity contribution >= 4 is 33.1 Å². The van der Waals surface area contributed by atoms with Crippen molar-refractivity contribution in [2.75, 3.05) is 5.32 Å². The van der Waals surface area contributed by atoms with Crippen LogP contribution in [0.1, 0.15) is 36.8 Å². The Kier molecular flexibility index (Phi) is 3.33. The molecule has 0 aliphatic heterocycles. The first kappa shape index (κ1) is 13.9. The number of para-hydroxylation sites is 1. The molecule has 0 aliphatic rings. The topological polar surface area (TPSA) is 44.9 Å². The molecule has 108 valence electrons. The van der Waals surface area contributed by atoms with Crippen molar-refractivity contribution in [3.05, 3.63) is 53.0 Å². The molecule has 0 saturated heterocycles. The van der Waals surface area contributed by atoms with Crippen LogP contribution in [0.5, 0.6) is 0 Å². The minimum Gasteiger partial charge on any atom is -0.350 e. The van der Waals surface area contributed by atoms with Crippen LogP contribution >= 0.6 is 11.3 Å². The van der Waals surface area contributed by atoms with E-state index in [0.717, 1.165) is 21.5 Å². The number of hydrogen-bond donors (Lipinski definition) is 2. The molecule has 0 unspecified atom stereocenters. The van der Waals surface area contributed by atoms with Crippen LogP contribution in [-0.2, 0) is 5.41 Å². The number of H-pyrrole nitrogens is 1. The summed E-state index contributed by atoms with van der Waals surface area (Å²) in [6.45, 7) is 6.42. The zero-order valence-electron chi connectivity index (χ0n) is 12.4. The number of amides is 1. The van der Waals surface area contributed by atoms with E-state index in [0.29, 0.717) is 5.69 Å². The Labute approximate surface area is 128 Å². The summed E-state index contributed by atoms with van der Waals surface area (Å²) in [7, 11) is 0. The van der Waals surface area contributed by atoms with Gasteiger partial charge in [0.2, 0.25) is 0 Å². The van der Waals surface area contributed by atoms with Gasteiger partial charge in [-0.25, -0.2) is 0 Å². The standard InChI is InChI=1S/C17H18N2OS/c1-17(2,3)11-6-4-5-7-12(11)19-16(20)14-10-15-13(18-14)8-9-21-15/h4-10,18H,1-3H3,(H,19,20). The molecule has 0 bridgehead atoms. The lowest BCUT2D eigenvalue weighted by Gasteiger charge is -2.22. The molecule has 3 rings (SSSR count). The van der Waals surface area contributed by atoms with E-state index in [2.05, 4.69) is 37.1 Å². The number of carbonyl (C=O) groups is 1. The number of hydrogen-bond acceptors (Lipinski definition) is 2. The molecule has 4 heteroatoms. The van der Waals surface area contributed by atoms with Gasteiger partial charge in [0.25, 0.3) is 5.91 Å². The van der Waals surface area contributed by atoms with E-state index in [4.69, 9.17) is 0 Å². The number of nitrogens with one attached hydrogen (secondary N) is 2. The Morgan fingerprint density at radius 3 is 2.67 bits per heavy atom. The molecule has 1 aromatic carbocycles. The van der Waals surface area contributed by atoms with Crippen molar-refractivity contribution < 1.29 is 4.79 Å². The third-order valence-corrected chi connectivity index (χ3v) is 4.33. The zero-order valence-corrected chi connectivity index (χ0v) is 13.2. The van der Waals surface area contributed by atoms with Crippen molar-refractivity contribution in [1.82, 2.24) is 4.98 Å². The average molecular weight is 298 g/mol. The third-order valence-electron chi connectivity index (χ3n) is 3.47. The van der Waals surface area contributed by atoms with Crippen LogP contribution < -0.4 is 5.32 Å². The fraction of sp³-hybridized carbons (Fsp3) is 0.235. The molecule has 0 saturated carbocycles. The van der Waals surface area contributed by atoms with Gasteiger partial charge in [-0.05, 0) is 34.6 Å². The fourth-order valence-corrected chi connectivity index (χ4v) is 3.19. The molecule has 2 heterocycles. The van der Waals surface area contributed by atoms with E-state index in [1.807, 2.05) is 35.7 Å². The number of carbonyl (C=O) groups excluding carboxylic acids is 1. The maximum atomic E-state index is 12.4. The first-order valence-electron chi connectivity index (χ1n) is 6.92. The van der Waals surface area contributed by atoms with Gasteiger partial charge in [-0.15, -0.1) is 11.3 Å². The highest BCUT2D eigenvalue weighted by molar-refractivity contribution is 7.17. The highest BCUT2D eigenvalue weighted by atomic mass is 32.1. The van der Waals surface area contributed by atoms with Gasteiger partial charge in [0.15, 0.2) is 0 Å². The van der Waals surface area contributed by atoms with Gasteiger partial charge in [-0.2, -0.15) is 0 Å². The lowest BCUT2D eigenvalue weighted by molar-refractivity contribution is 0.102. The first-order valence-corrected chi connectivity index (χ1v) is 7.80. The predicted octanol–water partition coefficient (Wildman–Crippen LogP) is 4.78. The van der Waals surface area contributed by atoms with Gasteiger partial charge in [-0.1, -0.05) is 39.0 Å². The fourth-order valence-electron chi connectivity index (χ4n) is 2.41. The molecular formula is C17H18N2OS. The zero-order chi connectivity index (χ0) is 15.0. The van der Waals surface area contributed by atoms with Crippen LogP contribution in [-0.4, -0.2) is 10.9 Å². The maximum absolute atomic E-state index is 12.4. The SMILES string of the molecule is CC(C)(C)c1ccccc1NC(=O)c1cc2sccc2[nH]1. The minimum atomic E-state index is -0.102. The first-order chi connectivity index (χ1) is 9.95. The number of aromatic amines is 1.